The van der Waals surface area contributed by atoms with E-state index in [9.17, 15) is 9.18 Å². The predicted molar refractivity (Wildman–Crippen MR) is 131 cm³/mol. The van der Waals surface area contributed by atoms with Gasteiger partial charge in [0.05, 0.1) is 12.8 Å². The summed E-state index contributed by atoms with van der Waals surface area (Å²) < 4.78 is 21.1. The zero-order valence-electron chi connectivity index (χ0n) is 19.3. The number of rotatable bonds is 7. The van der Waals surface area contributed by atoms with Crippen molar-refractivity contribution in [2.24, 2.45) is 7.05 Å². The Balaban J connectivity index is 1.40. The number of aryl methyl sites for hydroxylation is 3. The number of benzene rings is 3. The molecule has 0 atom stereocenters. The molecular formula is C26H26FN5O2. The van der Waals surface area contributed by atoms with Gasteiger partial charge in [0, 0.05) is 24.7 Å². The number of hydrogen-bond donors (Lipinski definition) is 2. The number of aromatic nitrogens is 3. The lowest BCUT2D eigenvalue weighted by Gasteiger charge is -2.12. The highest BCUT2D eigenvalue weighted by atomic mass is 19.1. The van der Waals surface area contributed by atoms with E-state index in [0.29, 0.717) is 41.4 Å². The van der Waals surface area contributed by atoms with E-state index in [0.717, 1.165) is 17.0 Å². The van der Waals surface area contributed by atoms with Crippen molar-refractivity contribution in [2.75, 3.05) is 17.7 Å². The Hall–Kier alpha value is -4.20. The fraction of sp³-hybridized carbons (Fsp3) is 0.192. The number of anilines is 2. The second-order valence-electron chi connectivity index (χ2n) is 7.95. The molecule has 4 rings (SSSR count). The highest BCUT2D eigenvalue weighted by molar-refractivity contribution is 6.00. The van der Waals surface area contributed by atoms with Crippen LogP contribution in [0, 0.1) is 12.7 Å². The summed E-state index contributed by atoms with van der Waals surface area (Å²) in [6.07, 6.45) is 1.12. The first-order chi connectivity index (χ1) is 16.4. The largest absolute Gasteiger partial charge is 0.495 e. The second-order valence-corrected chi connectivity index (χ2v) is 7.95. The van der Waals surface area contributed by atoms with Crippen molar-refractivity contribution in [1.82, 2.24) is 14.8 Å². The van der Waals surface area contributed by atoms with Gasteiger partial charge < -0.3 is 19.9 Å². The molecule has 174 valence electrons. The molecule has 0 fully saturated rings. The first kappa shape index (κ1) is 23.0. The van der Waals surface area contributed by atoms with Crippen LogP contribution in [-0.2, 0) is 19.9 Å². The lowest BCUT2D eigenvalue weighted by molar-refractivity contribution is 0.262. The van der Waals surface area contributed by atoms with Crippen LogP contribution in [0.3, 0.4) is 0 Å². The Morgan fingerprint density at radius 3 is 2.50 bits per heavy atom. The van der Waals surface area contributed by atoms with Crippen LogP contribution in [0.25, 0.3) is 11.4 Å². The van der Waals surface area contributed by atoms with Crippen LogP contribution >= 0.6 is 0 Å². The number of carbonyl (C=O) groups excluding carboxylic acids is 1. The van der Waals surface area contributed by atoms with Gasteiger partial charge in [0.25, 0.3) is 0 Å². The second kappa shape index (κ2) is 10.2. The van der Waals surface area contributed by atoms with Crippen molar-refractivity contribution in [3.63, 3.8) is 0 Å². The molecular weight excluding hydrogens is 433 g/mol. The minimum absolute atomic E-state index is 0.210. The lowest BCUT2D eigenvalue weighted by atomic mass is 10.1. The summed E-state index contributed by atoms with van der Waals surface area (Å²) in [4.78, 5) is 12.5. The zero-order valence-corrected chi connectivity index (χ0v) is 19.3. The summed E-state index contributed by atoms with van der Waals surface area (Å²) in [7, 11) is 3.45. The van der Waals surface area contributed by atoms with Crippen molar-refractivity contribution in [2.45, 2.75) is 19.8 Å². The maximum Gasteiger partial charge on any atom is 0.323 e. The van der Waals surface area contributed by atoms with Crippen molar-refractivity contribution in [3.8, 4) is 17.1 Å². The van der Waals surface area contributed by atoms with E-state index in [1.54, 1.807) is 31.4 Å². The van der Waals surface area contributed by atoms with Crippen LogP contribution in [0.15, 0.2) is 66.7 Å². The van der Waals surface area contributed by atoms with Gasteiger partial charge in [-0.25, -0.2) is 9.18 Å². The third-order valence-electron chi connectivity index (χ3n) is 5.54. The van der Waals surface area contributed by atoms with Crippen LogP contribution in [0.1, 0.15) is 17.0 Å². The molecule has 0 aliphatic carbocycles. The van der Waals surface area contributed by atoms with Crippen molar-refractivity contribution >= 4 is 17.4 Å². The predicted octanol–water partition coefficient (Wildman–Crippen LogP) is 5.37. The number of halogens is 1. The average molecular weight is 460 g/mol. The maximum atomic E-state index is 13.9. The Labute approximate surface area is 197 Å². The highest BCUT2D eigenvalue weighted by Gasteiger charge is 2.13. The molecule has 34 heavy (non-hydrogen) atoms. The number of hydrogen-bond acceptors (Lipinski definition) is 4. The number of methoxy groups -OCH3 is 1. The Kier molecular flexibility index (Phi) is 6.87. The van der Waals surface area contributed by atoms with Crippen molar-refractivity contribution in [1.29, 1.82) is 0 Å². The molecule has 2 N–H and O–H groups in total. The van der Waals surface area contributed by atoms with Gasteiger partial charge in [-0.1, -0.05) is 24.3 Å². The Morgan fingerprint density at radius 1 is 1.00 bits per heavy atom. The van der Waals surface area contributed by atoms with Gasteiger partial charge in [-0.15, -0.1) is 10.2 Å². The van der Waals surface area contributed by atoms with Crippen molar-refractivity contribution < 1.29 is 13.9 Å². The summed E-state index contributed by atoms with van der Waals surface area (Å²) >= 11 is 0. The third kappa shape index (κ3) is 5.23. The van der Waals surface area contributed by atoms with Gasteiger partial charge in [0.15, 0.2) is 5.82 Å². The number of nitrogens with one attached hydrogen (secondary N) is 2. The van der Waals surface area contributed by atoms with Gasteiger partial charge in [0.1, 0.15) is 17.4 Å². The van der Waals surface area contributed by atoms with E-state index in [2.05, 4.69) is 20.8 Å². The van der Waals surface area contributed by atoms with Gasteiger partial charge in [0.2, 0.25) is 0 Å². The van der Waals surface area contributed by atoms with Crippen molar-refractivity contribution in [3.05, 3.63) is 89.5 Å². The smallest absolute Gasteiger partial charge is 0.323 e. The fourth-order valence-corrected chi connectivity index (χ4v) is 3.68. The summed E-state index contributed by atoms with van der Waals surface area (Å²) in [5.41, 5.74) is 3.76. The third-order valence-corrected chi connectivity index (χ3v) is 5.54. The summed E-state index contributed by atoms with van der Waals surface area (Å²) in [5.74, 6) is 1.85. The molecule has 0 saturated carbocycles. The van der Waals surface area contributed by atoms with Crippen LogP contribution in [0.2, 0.25) is 0 Å². The summed E-state index contributed by atoms with van der Waals surface area (Å²) in [6, 6.07) is 19.3. The van der Waals surface area contributed by atoms with Gasteiger partial charge >= 0.3 is 6.03 Å². The van der Waals surface area contributed by atoms with Crippen LogP contribution in [0.5, 0.6) is 5.75 Å². The molecule has 0 radical (unpaired) electrons. The molecule has 8 heteroatoms. The van der Waals surface area contributed by atoms with Crippen LogP contribution < -0.4 is 15.4 Å². The average Bonchev–Trinajstić information content (AvgIpc) is 3.19. The van der Waals surface area contributed by atoms with Crippen LogP contribution in [-0.4, -0.2) is 27.9 Å². The Morgan fingerprint density at radius 2 is 1.76 bits per heavy atom. The van der Waals surface area contributed by atoms with E-state index in [4.69, 9.17) is 4.74 Å². The minimum Gasteiger partial charge on any atom is -0.495 e. The van der Waals surface area contributed by atoms with E-state index in [-0.39, 0.29) is 11.8 Å². The van der Waals surface area contributed by atoms with E-state index >= 15 is 0 Å². The molecule has 3 aromatic carbocycles. The molecule has 2 amide bonds. The van der Waals surface area contributed by atoms with Gasteiger partial charge in [-0.2, -0.15) is 0 Å². The van der Waals surface area contributed by atoms with E-state index < -0.39 is 0 Å². The first-order valence-electron chi connectivity index (χ1n) is 10.9. The molecule has 7 nitrogen and oxygen atoms in total. The summed E-state index contributed by atoms with van der Waals surface area (Å²) in [5, 5.41) is 14.2. The number of amides is 2. The fourth-order valence-electron chi connectivity index (χ4n) is 3.68. The highest BCUT2D eigenvalue weighted by Crippen LogP contribution is 2.26. The van der Waals surface area contributed by atoms with Crippen LogP contribution in [0.4, 0.5) is 20.6 Å². The molecule has 4 aromatic rings. The number of carbonyl (C=O) groups is 1. The zero-order chi connectivity index (χ0) is 24.1. The van der Waals surface area contributed by atoms with Gasteiger partial charge in [-0.05, 0) is 66.9 Å². The monoisotopic (exact) mass is 459 g/mol. The quantitative estimate of drug-likeness (QED) is 0.389. The van der Waals surface area contributed by atoms with E-state index in [1.165, 1.54) is 6.07 Å². The van der Waals surface area contributed by atoms with Gasteiger partial charge in [-0.3, -0.25) is 0 Å². The number of nitrogens with zero attached hydrogens (tertiary/aromatic N) is 3. The molecule has 0 saturated heterocycles. The standard InChI is InChI=1S/C26H26FN5O2/c1-17-8-14-23(34-3)22(16-17)29-26(33)28-20-12-9-19(10-13-20)25-31-30-24(32(25)2)15-11-18-6-4-5-7-21(18)27/h4-10,12-14,16H,11,15H2,1-3H3,(H2,28,29,33). The molecule has 0 bridgehead atoms. The number of urea groups is 1. The lowest BCUT2D eigenvalue weighted by Crippen LogP contribution is -2.19. The first-order valence-corrected chi connectivity index (χ1v) is 10.9. The normalized spacial score (nSPS) is 10.7. The molecule has 0 aliphatic heterocycles. The SMILES string of the molecule is COc1ccc(C)cc1NC(=O)Nc1ccc(-c2nnc(CCc3ccccc3F)n2C)cc1. The molecule has 0 unspecified atom stereocenters. The molecule has 0 aliphatic rings. The maximum absolute atomic E-state index is 13.9. The Bertz CT molecular complexity index is 1300. The number of ether oxygens (including phenoxy) is 1. The molecule has 0 spiro atoms. The van der Waals surface area contributed by atoms with E-state index in [1.807, 2.05) is 54.9 Å². The summed E-state index contributed by atoms with van der Waals surface area (Å²) in [6.45, 7) is 1.94. The minimum atomic E-state index is -0.370. The topological polar surface area (TPSA) is 81.1 Å². The molecule has 1 aromatic heterocycles. The molecule has 1 heterocycles.